The summed E-state index contributed by atoms with van der Waals surface area (Å²) in [6, 6.07) is 0. The van der Waals surface area contributed by atoms with Crippen LogP contribution in [0.3, 0.4) is 0 Å². The molecule has 15 heavy (non-hydrogen) atoms. The summed E-state index contributed by atoms with van der Waals surface area (Å²) in [5, 5.41) is 9.46. The number of nitrogens with two attached hydrogens (primary N) is 1. The second-order valence-electron chi connectivity index (χ2n) is 3.45. The summed E-state index contributed by atoms with van der Waals surface area (Å²) in [5.74, 6) is 0. The number of carbonyl (C=O) groups is 1. The number of halogens is 1. The van der Waals surface area contributed by atoms with Crippen molar-refractivity contribution in [3.63, 3.8) is 0 Å². The first-order valence-corrected chi connectivity index (χ1v) is 5.59. The predicted octanol–water partition coefficient (Wildman–Crippen LogP) is 1.29. The Morgan fingerprint density at radius 1 is 1.47 bits per heavy atom. The van der Waals surface area contributed by atoms with Gasteiger partial charge in [0.2, 0.25) is 0 Å². The molecule has 0 aromatic carbocycles. The van der Waals surface area contributed by atoms with Crippen molar-refractivity contribution in [1.82, 2.24) is 0 Å². The van der Waals surface area contributed by atoms with Crippen molar-refractivity contribution < 1.29 is 17.7 Å². The maximum absolute atomic E-state index is 10.6. The molecule has 0 heterocycles. The molecule has 0 spiro atoms. The normalized spacial score (nSPS) is 33.9. The van der Waals surface area contributed by atoms with E-state index in [0.29, 0.717) is 12.8 Å². The molecule has 0 fully saturated rings. The number of aliphatic hydroxyl groups is 1. The molecule has 86 valence electrons. The minimum absolute atomic E-state index is 0.0328. The maximum atomic E-state index is 10.6. The Kier molecular flexibility index (Phi) is 5.34. The van der Waals surface area contributed by atoms with Crippen LogP contribution in [-0.2, 0) is 7.80 Å². The third kappa shape index (κ3) is 4.80. The standard InChI is InChI=1S/C9H14INO4/c10-15-8-4-2-6(12)1-3-7(5-8)14-9(11)13/h1,3,6-8,12H,2,4-5H2,(H2,11,13)/b3-1+. The topological polar surface area (TPSA) is 81.8 Å². The van der Waals surface area contributed by atoms with Gasteiger partial charge in [-0.1, -0.05) is 6.08 Å². The van der Waals surface area contributed by atoms with Gasteiger partial charge in [0.1, 0.15) is 29.1 Å². The van der Waals surface area contributed by atoms with Crippen molar-refractivity contribution in [2.75, 3.05) is 0 Å². The molecular formula is C9H14INO4. The van der Waals surface area contributed by atoms with Crippen LogP contribution in [0.5, 0.6) is 0 Å². The van der Waals surface area contributed by atoms with Crippen LogP contribution in [0.4, 0.5) is 4.79 Å². The first-order valence-electron chi connectivity index (χ1n) is 4.71. The van der Waals surface area contributed by atoms with E-state index in [9.17, 15) is 9.90 Å². The highest BCUT2D eigenvalue weighted by molar-refractivity contribution is 14.1. The lowest BCUT2D eigenvalue weighted by Crippen LogP contribution is -2.28. The quantitative estimate of drug-likeness (QED) is 0.591. The molecule has 1 rings (SSSR count). The molecule has 0 aromatic rings. The molecule has 1 aliphatic carbocycles. The molecular weight excluding hydrogens is 313 g/mol. The second-order valence-corrected chi connectivity index (χ2v) is 3.96. The van der Waals surface area contributed by atoms with Gasteiger partial charge in [-0.15, -0.1) is 0 Å². The number of primary amides is 1. The van der Waals surface area contributed by atoms with E-state index >= 15 is 0 Å². The van der Waals surface area contributed by atoms with Crippen LogP contribution in [0.25, 0.3) is 0 Å². The van der Waals surface area contributed by atoms with E-state index in [-0.39, 0.29) is 6.10 Å². The van der Waals surface area contributed by atoms with Crippen LogP contribution in [0.1, 0.15) is 19.3 Å². The van der Waals surface area contributed by atoms with Crippen LogP contribution >= 0.6 is 23.0 Å². The van der Waals surface area contributed by atoms with Crippen LogP contribution in [0, 0.1) is 0 Å². The molecule has 1 amide bonds. The third-order valence-corrected chi connectivity index (χ3v) is 2.94. The predicted molar refractivity (Wildman–Crippen MR) is 62.3 cm³/mol. The van der Waals surface area contributed by atoms with Gasteiger partial charge in [0.15, 0.2) is 0 Å². The lowest BCUT2D eigenvalue weighted by molar-refractivity contribution is 0.0897. The first-order chi connectivity index (χ1) is 7.11. The molecule has 0 aromatic heterocycles. The lowest BCUT2D eigenvalue weighted by atomic mass is 10.00. The highest BCUT2D eigenvalue weighted by Crippen LogP contribution is 2.19. The third-order valence-electron chi connectivity index (χ3n) is 2.22. The zero-order chi connectivity index (χ0) is 11.3. The number of amides is 1. The fourth-order valence-corrected chi connectivity index (χ4v) is 1.94. The van der Waals surface area contributed by atoms with E-state index < -0.39 is 18.3 Å². The molecule has 0 radical (unpaired) electrons. The van der Waals surface area contributed by atoms with Crippen LogP contribution < -0.4 is 5.73 Å². The fourth-order valence-electron chi connectivity index (χ4n) is 1.48. The summed E-state index contributed by atoms with van der Waals surface area (Å²) in [6.45, 7) is 0. The SMILES string of the molecule is NC(=O)OC1/C=C/C(O)CCC(OI)C1. The maximum Gasteiger partial charge on any atom is 0.405 e. The highest BCUT2D eigenvalue weighted by Gasteiger charge is 2.20. The smallest absolute Gasteiger partial charge is 0.405 e. The number of hydrogen-bond donors (Lipinski definition) is 2. The average molecular weight is 327 g/mol. The Balaban J connectivity index is 2.61. The van der Waals surface area contributed by atoms with Gasteiger partial charge in [0.05, 0.1) is 12.2 Å². The second kappa shape index (κ2) is 6.29. The van der Waals surface area contributed by atoms with E-state index in [4.69, 9.17) is 13.5 Å². The van der Waals surface area contributed by atoms with Crippen molar-refractivity contribution >= 4 is 29.1 Å². The van der Waals surface area contributed by atoms with E-state index in [2.05, 4.69) is 0 Å². The molecule has 3 N–H and O–H groups in total. The molecule has 0 aliphatic heterocycles. The van der Waals surface area contributed by atoms with Gasteiger partial charge >= 0.3 is 6.09 Å². The summed E-state index contributed by atoms with van der Waals surface area (Å²) in [5.41, 5.74) is 4.93. The molecule has 1 aliphatic rings. The minimum atomic E-state index is -0.813. The Morgan fingerprint density at radius 3 is 2.80 bits per heavy atom. The van der Waals surface area contributed by atoms with E-state index in [1.807, 2.05) is 23.0 Å². The van der Waals surface area contributed by atoms with Gasteiger partial charge in [0.25, 0.3) is 0 Å². The Labute approximate surface area is 102 Å². The van der Waals surface area contributed by atoms with E-state index in [1.54, 1.807) is 12.2 Å². The average Bonchev–Trinajstić information content (AvgIpc) is 2.16. The van der Waals surface area contributed by atoms with Crippen LogP contribution in [-0.4, -0.2) is 29.5 Å². The Morgan fingerprint density at radius 2 is 2.20 bits per heavy atom. The summed E-state index contributed by atoms with van der Waals surface area (Å²) in [6.07, 6.45) is 3.43. The van der Waals surface area contributed by atoms with E-state index in [0.717, 1.165) is 6.42 Å². The number of hydrogen-bond acceptors (Lipinski definition) is 4. The van der Waals surface area contributed by atoms with Gasteiger partial charge in [-0.05, 0) is 18.9 Å². The monoisotopic (exact) mass is 327 g/mol. The molecule has 5 nitrogen and oxygen atoms in total. The number of carbonyl (C=O) groups excluding carboxylic acids is 1. The minimum Gasteiger partial charge on any atom is -0.442 e. The number of ether oxygens (including phenoxy) is 1. The summed E-state index contributed by atoms with van der Waals surface area (Å²) < 4.78 is 10.0. The molecule has 6 heteroatoms. The summed E-state index contributed by atoms with van der Waals surface area (Å²) >= 11 is 1.81. The van der Waals surface area contributed by atoms with Crippen molar-refractivity contribution in [3.05, 3.63) is 12.2 Å². The van der Waals surface area contributed by atoms with E-state index in [1.165, 1.54) is 0 Å². The summed E-state index contributed by atoms with van der Waals surface area (Å²) in [4.78, 5) is 10.6. The number of aliphatic hydroxyl groups excluding tert-OH is 1. The van der Waals surface area contributed by atoms with Gasteiger partial charge in [-0.25, -0.2) is 4.79 Å². The van der Waals surface area contributed by atoms with Crippen molar-refractivity contribution in [3.8, 4) is 0 Å². The Bertz CT molecular complexity index is 246. The largest absolute Gasteiger partial charge is 0.442 e. The lowest BCUT2D eigenvalue weighted by Gasteiger charge is -2.22. The van der Waals surface area contributed by atoms with Crippen molar-refractivity contribution in [1.29, 1.82) is 0 Å². The zero-order valence-electron chi connectivity index (χ0n) is 8.14. The highest BCUT2D eigenvalue weighted by atomic mass is 127. The van der Waals surface area contributed by atoms with Gasteiger partial charge in [-0.2, -0.15) is 0 Å². The van der Waals surface area contributed by atoms with Gasteiger partial charge < -0.3 is 18.6 Å². The summed E-state index contributed by atoms with van der Waals surface area (Å²) in [7, 11) is 0. The molecule has 3 unspecified atom stereocenters. The molecule has 0 saturated carbocycles. The molecule has 3 atom stereocenters. The fraction of sp³-hybridized carbons (Fsp3) is 0.667. The molecule has 0 bridgehead atoms. The van der Waals surface area contributed by atoms with Crippen LogP contribution in [0.2, 0.25) is 0 Å². The van der Waals surface area contributed by atoms with Gasteiger partial charge in [0, 0.05) is 6.42 Å². The van der Waals surface area contributed by atoms with Crippen molar-refractivity contribution in [2.45, 2.75) is 37.6 Å². The zero-order valence-corrected chi connectivity index (χ0v) is 10.3. The Hall–Kier alpha value is -0.340. The van der Waals surface area contributed by atoms with Crippen molar-refractivity contribution in [2.24, 2.45) is 5.73 Å². The number of rotatable bonds is 2. The van der Waals surface area contributed by atoms with Gasteiger partial charge in [-0.3, -0.25) is 0 Å². The van der Waals surface area contributed by atoms with Crippen LogP contribution in [0.15, 0.2) is 12.2 Å². The molecule has 0 saturated heterocycles. The first kappa shape index (κ1) is 12.7.